The van der Waals surface area contributed by atoms with E-state index in [0.717, 1.165) is 29.4 Å². The maximum absolute atomic E-state index is 4.38. The van der Waals surface area contributed by atoms with Crippen LogP contribution in [0, 0.1) is 6.07 Å². The Hall–Kier alpha value is -2.09. The summed E-state index contributed by atoms with van der Waals surface area (Å²) in [5, 5.41) is 8.52. The van der Waals surface area contributed by atoms with Gasteiger partial charge in [0, 0.05) is 11.8 Å². The number of hydrogen-bond donors (Lipinski definition) is 1. The Morgan fingerprint density at radius 1 is 1.11 bits per heavy atom. The van der Waals surface area contributed by atoms with Crippen molar-refractivity contribution in [2.75, 3.05) is 0 Å². The summed E-state index contributed by atoms with van der Waals surface area (Å²) < 4.78 is 0. The Morgan fingerprint density at radius 3 is 2.67 bits per heavy atom. The molecule has 0 atom stereocenters. The minimum absolute atomic E-state index is 0.852. The highest BCUT2D eigenvalue weighted by atomic mass is 15.1. The Morgan fingerprint density at radius 2 is 1.89 bits per heavy atom. The maximum atomic E-state index is 4.38. The molecule has 2 aromatic carbocycles. The van der Waals surface area contributed by atoms with E-state index < -0.39 is 0 Å². The number of nitrogens with one attached hydrogen (secondary N) is 1. The van der Waals surface area contributed by atoms with Crippen LogP contribution in [0.15, 0.2) is 42.5 Å². The van der Waals surface area contributed by atoms with Gasteiger partial charge in [-0.05, 0) is 29.7 Å². The molecule has 0 amide bonds. The maximum Gasteiger partial charge on any atom is 0.0750 e. The average molecular weight is 235 g/mol. The van der Waals surface area contributed by atoms with E-state index in [2.05, 4.69) is 47.5 Å². The fourth-order valence-corrected chi connectivity index (χ4v) is 2.17. The van der Waals surface area contributed by atoms with Crippen LogP contribution in [0.2, 0.25) is 0 Å². The molecule has 0 fully saturated rings. The third kappa shape index (κ3) is 2.02. The van der Waals surface area contributed by atoms with Crippen LogP contribution in [0.25, 0.3) is 10.9 Å². The van der Waals surface area contributed by atoms with Crippen molar-refractivity contribution in [1.29, 1.82) is 0 Å². The first-order chi connectivity index (χ1) is 8.86. The van der Waals surface area contributed by atoms with Gasteiger partial charge >= 0.3 is 0 Å². The Balaban J connectivity index is 1.91. The molecule has 1 aromatic heterocycles. The van der Waals surface area contributed by atoms with Crippen LogP contribution < -0.4 is 0 Å². The van der Waals surface area contributed by atoms with Gasteiger partial charge in [0.25, 0.3) is 0 Å². The zero-order valence-corrected chi connectivity index (χ0v) is 10.4. The lowest BCUT2D eigenvalue weighted by molar-refractivity contribution is 1.01. The topological polar surface area (TPSA) is 28.7 Å². The smallest absolute Gasteiger partial charge is 0.0750 e. The lowest BCUT2D eigenvalue weighted by Crippen LogP contribution is -1.90. The zero-order chi connectivity index (χ0) is 12.4. The molecule has 2 heteroatoms. The molecule has 3 aromatic rings. The number of rotatable bonds is 3. The van der Waals surface area contributed by atoms with E-state index in [9.17, 15) is 0 Å². The Kier molecular flexibility index (Phi) is 2.85. The van der Waals surface area contributed by atoms with E-state index >= 15 is 0 Å². The molecule has 2 nitrogen and oxygen atoms in total. The third-order valence-corrected chi connectivity index (χ3v) is 3.26. The number of H-pyrrole nitrogens is 1. The Bertz CT molecular complexity index is 650. The second kappa shape index (κ2) is 4.65. The molecule has 18 heavy (non-hydrogen) atoms. The van der Waals surface area contributed by atoms with Gasteiger partial charge < -0.3 is 0 Å². The summed E-state index contributed by atoms with van der Waals surface area (Å²) in [6.07, 6.45) is 1.93. The van der Waals surface area contributed by atoms with Crippen LogP contribution in [0.5, 0.6) is 0 Å². The zero-order valence-electron chi connectivity index (χ0n) is 10.4. The van der Waals surface area contributed by atoms with Crippen molar-refractivity contribution < 1.29 is 0 Å². The molecule has 0 saturated carbocycles. The van der Waals surface area contributed by atoms with Gasteiger partial charge in [-0.1, -0.05) is 43.3 Å². The summed E-state index contributed by atoms with van der Waals surface area (Å²) in [6.45, 7) is 2.17. The van der Waals surface area contributed by atoms with E-state index in [1.54, 1.807) is 0 Å². The van der Waals surface area contributed by atoms with Crippen molar-refractivity contribution in [1.82, 2.24) is 10.2 Å². The predicted octanol–water partition coefficient (Wildman–Crippen LogP) is 3.52. The highest BCUT2D eigenvalue weighted by Gasteiger charge is 2.05. The number of benzene rings is 2. The van der Waals surface area contributed by atoms with Gasteiger partial charge in [0.15, 0.2) is 0 Å². The highest BCUT2D eigenvalue weighted by molar-refractivity contribution is 5.80. The van der Waals surface area contributed by atoms with Crippen molar-refractivity contribution in [2.24, 2.45) is 0 Å². The van der Waals surface area contributed by atoms with Gasteiger partial charge in [0.2, 0.25) is 0 Å². The molecule has 0 aliphatic heterocycles. The lowest BCUT2D eigenvalue weighted by atomic mass is 10.0. The van der Waals surface area contributed by atoms with E-state index in [1.807, 2.05) is 18.2 Å². The van der Waals surface area contributed by atoms with Gasteiger partial charge in [-0.25, -0.2) is 0 Å². The van der Waals surface area contributed by atoms with Crippen molar-refractivity contribution >= 4 is 10.9 Å². The Labute approximate surface area is 107 Å². The minimum atomic E-state index is 0.852. The lowest BCUT2D eigenvalue weighted by Gasteiger charge is -2.01. The summed E-state index contributed by atoms with van der Waals surface area (Å²) in [5.41, 5.74) is 4.78. The number of nitrogens with zero attached hydrogens (tertiary/aromatic N) is 1. The third-order valence-electron chi connectivity index (χ3n) is 3.26. The number of fused-ring (bicyclic) bond motifs is 1. The van der Waals surface area contributed by atoms with Crippen LogP contribution in [0.3, 0.4) is 0 Å². The number of aromatic nitrogens is 2. The van der Waals surface area contributed by atoms with Gasteiger partial charge in [-0.15, -0.1) is 0 Å². The molecular formula is C16H15N2. The summed E-state index contributed by atoms with van der Waals surface area (Å²) in [6, 6.07) is 17.9. The quantitative estimate of drug-likeness (QED) is 0.739. The van der Waals surface area contributed by atoms with E-state index in [4.69, 9.17) is 0 Å². The van der Waals surface area contributed by atoms with Gasteiger partial charge in [-0.3, -0.25) is 5.10 Å². The van der Waals surface area contributed by atoms with Gasteiger partial charge in [0.1, 0.15) is 0 Å². The molecule has 1 N–H and O–H groups in total. The molecule has 1 heterocycles. The number of aryl methyl sites for hydroxylation is 1. The molecule has 0 unspecified atom stereocenters. The molecule has 0 spiro atoms. The molecule has 0 bridgehead atoms. The molecule has 3 rings (SSSR count). The standard InChI is InChI=1S/C16H15N2/c1-2-12-7-9-13(10-8-12)11-16-14-5-3-4-6-15(14)17-18-16/h3-4,6-10H,2,11H2,1H3,(H,17,18). The van der Waals surface area contributed by atoms with Crippen LogP contribution in [0.4, 0.5) is 0 Å². The largest absolute Gasteiger partial charge is 0.278 e. The summed E-state index contributed by atoms with van der Waals surface area (Å²) in [4.78, 5) is 0. The van der Waals surface area contributed by atoms with Gasteiger partial charge in [0.05, 0.1) is 11.2 Å². The van der Waals surface area contributed by atoms with Crippen molar-refractivity contribution in [3.05, 3.63) is 65.4 Å². The number of aromatic amines is 1. The molecule has 0 aliphatic rings. The van der Waals surface area contributed by atoms with E-state index in [0.29, 0.717) is 0 Å². The molecule has 1 radical (unpaired) electrons. The second-order valence-electron chi connectivity index (χ2n) is 4.48. The fourth-order valence-electron chi connectivity index (χ4n) is 2.17. The SMILES string of the molecule is CCc1ccc(Cc2n[nH]c3ccc[c]c23)cc1. The van der Waals surface area contributed by atoms with Crippen molar-refractivity contribution in [3.63, 3.8) is 0 Å². The van der Waals surface area contributed by atoms with Gasteiger partial charge in [-0.2, -0.15) is 5.10 Å². The van der Waals surface area contributed by atoms with Crippen molar-refractivity contribution in [3.8, 4) is 0 Å². The number of hydrogen-bond acceptors (Lipinski definition) is 1. The molecule has 89 valence electrons. The highest BCUT2D eigenvalue weighted by Crippen LogP contribution is 2.18. The first kappa shape index (κ1) is 11.0. The van der Waals surface area contributed by atoms with Crippen LogP contribution >= 0.6 is 0 Å². The average Bonchev–Trinajstić information content (AvgIpc) is 2.83. The fraction of sp³-hybridized carbons (Fsp3) is 0.188. The molecule has 0 saturated heterocycles. The molecule has 0 aliphatic carbocycles. The van der Waals surface area contributed by atoms with Crippen LogP contribution in [-0.4, -0.2) is 10.2 Å². The summed E-state index contributed by atoms with van der Waals surface area (Å²) >= 11 is 0. The summed E-state index contributed by atoms with van der Waals surface area (Å²) in [5.74, 6) is 0. The first-order valence-electron chi connectivity index (χ1n) is 6.28. The first-order valence-corrected chi connectivity index (χ1v) is 6.28. The second-order valence-corrected chi connectivity index (χ2v) is 4.48. The normalized spacial score (nSPS) is 10.9. The van der Waals surface area contributed by atoms with Crippen molar-refractivity contribution in [2.45, 2.75) is 19.8 Å². The van der Waals surface area contributed by atoms with Crippen LogP contribution in [-0.2, 0) is 12.8 Å². The summed E-state index contributed by atoms with van der Waals surface area (Å²) in [7, 11) is 0. The minimum Gasteiger partial charge on any atom is -0.278 e. The molecular weight excluding hydrogens is 220 g/mol. The van der Waals surface area contributed by atoms with E-state index in [1.165, 1.54) is 11.1 Å². The van der Waals surface area contributed by atoms with E-state index in [-0.39, 0.29) is 0 Å². The van der Waals surface area contributed by atoms with Crippen LogP contribution in [0.1, 0.15) is 23.7 Å². The monoisotopic (exact) mass is 235 g/mol. The predicted molar refractivity (Wildman–Crippen MR) is 73.6 cm³/mol.